The van der Waals surface area contributed by atoms with Gasteiger partial charge in [-0.25, -0.2) is 9.78 Å². The molecule has 1 aliphatic heterocycles. The second kappa shape index (κ2) is 8.61. The molecule has 1 amide bonds. The van der Waals surface area contributed by atoms with Crippen molar-refractivity contribution in [2.24, 2.45) is 0 Å². The Labute approximate surface area is 182 Å². The molecule has 1 aromatic heterocycles. The third-order valence-electron chi connectivity index (χ3n) is 4.77. The molecule has 3 rings (SSSR count). The Kier molecular flexibility index (Phi) is 6.50. The van der Waals surface area contributed by atoms with Crippen LogP contribution in [0.5, 0.6) is 0 Å². The number of carbonyl (C=O) groups excluding carboxylic acids is 1. The lowest BCUT2D eigenvalue weighted by molar-refractivity contribution is -0.134. The molecule has 0 saturated carbocycles. The minimum Gasteiger partial charge on any atom is -0.444 e. The summed E-state index contributed by atoms with van der Waals surface area (Å²) in [5.41, 5.74) is 1.02. The number of imidazole rings is 1. The van der Waals surface area contributed by atoms with Crippen LogP contribution in [-0.2, 0) is 11.2 Å². The molecular formula is C21H25BrF3N3O2. The van der Waals surface area contributed by atoms with E-state index in [0.29, 0.717) is 30.2 Å². The first-order chi connectivity index (χ1) is 13.9. The van der Waals surface area contributed by atoms with Gasteiger partial charge in [0.1, 0.15) is 11.4 Å². The summed E-state index contributed by atoms with van der Waals surface area (Å²) in [7, 11) is 0. The van der Waals surface area contributed by atoms with Crippen LogP contribution >= 0.6 is 15.9 Å². The Hall–Kier alpha value is -2.03. The van der Waals surface area contributed by atoms with Crippen LogP contribution in [-0.4, -0.2) is 39.3 Å². The summed E-state index contributed by atoms with van der Waals surface area (Å²) in [6, 6.07) is 6.93. The van der Waals surface area contributed by atoms with E-state index in [4.69, 9.17) is 4.74 Å². The van der Waals surface area contributed by atoms with Crippen LogP contribution in [0.2, 0.25) is 0 Å². The number of amides is 1. The van der Waals surface area contributed by atoms with Gasteiger partial charge in [-0.05, 0) is 51.3 Å². The van der Waals surface area contributed by atoms with E-state index in [0.717, 1.165) is 16.5 Å². The number of hydrogen-bond donors (Lipinski definition) is 1. The number of nitrogens with one attached hydrogen (secondary N) is 1. The SMILES string of the molecule is CC(C)(C)OC(=O)N1CCC[C@H]1c1nc(CCC(F)(F)F)c(-c2ccc(Br)cc2)[nH]1. The number of hydrogen-bond acceptors (Lipinski definition) is 3. The maximum atomic E-state index is 12.8. The van der Waals surface area contributed by atoms with E-state index in [1.54, 1.807) is 25.7 Å². The van der Waals surface area contributed by atoms with Crippen LogP contribution in [0.3, 0.4) is 0 Å². The minimum atomic E-state index is -4.27. The lowest BCUT2D eigenvalue weighted by Gasteiger charge is -2.27. The molecule has 0 unspecified atom stereocenters. The fraction of sp³-hybridized carbons (Fsp3) is 0.524. The fourth-order valence-electron chi connectivity index (χ4n) is 3.47. The Morgan fingerprint density at radius 1 is 1.27 bits per heavy atom. The van der Waals surface area contributed by atoms with Gasteiger partial charge in [-0.3, -0.25) is 4.90 Å². The molecule has 2 heterocycles. The van der Waals surface area contributed by atoms with Gasteiger partial charge in [0.25, 0.3) is 0 Å². The molecule has 0 radical (unpaired) electrons. The Morgan fingerprint density at radius 2 is 1.93 bits per heavy atom. The molecule has 2 aromatic rings. The number of aromatic amines is 1. The first-order valence-corrected chi connectivity index (χ1v) is 10.6. The van der Waals surface area contributed by atoms with E-state index >= 15 is 0 Å². The molecular weight excluding hydrogens is 463 g/mol. The molecule has 9 heteroatoms. The minimum absolute atomic E-state index is 0.232. The molecule has 1 fully saturated rings. The van der Waals surface area contributed by atoms with Crippen molar-refractivity contribution in [1.29, 1.82) is 0 Å². The van der Waals surface area contributed by atoms with E-state index in [1.165, 1.54) is 0 Å². The van der Waals surface area contributed by atoms with E-state index < -0.39 is 24.3 Å². The van der Waals surface area contributed by atoms with Gasteiger partial charge >= 0.3 is 12.3 Å². The van der Waals surface area contributed by atoms with E-state index in [1.807, 2.05) is 24.3 Å². The van der Waals surface area contributed by atoms with Crippen molar-refractivity contribution in [1.82, 2.24) is 14.9 Å². The number of carbonyl (C=O) groups is 1. The summed E-state index contributed by atoms with van der Waals surface area (Å²) < 4.78 is 44.9. The molecule has 1 aliphatic rings. The normalized spacial score (nSPS) is 17.4. The zero-order valence-electron chi connectivity index (χ0n) is 17.1. The number of aryl methyl sites for hydroxylation is 1. The van der Waals surface area contributed by atoms with Crippen molar-refractivity contribution in [2.75, 3.05) is 6.54 Å². The maximum Gasteiger partial charge on any atom is 0.410 e. The highest BCUT2D eigenvalue weighted by molar-refractivity contribution is 9.10. The topological polar surface area (TPSA) is 58.2 Å². The monoisotopic (exact) mass is 487 g/mol. The molecule has 0 bridgehead atoms. The van der Waals surface area contributed by atoms with E-state index in [-0.39, 0.29) is 12.5 Å². The Balaban J connectivity index is 1.92. The quantitative estimate of drug-likeness (QED) is 0.542. The summed E-state index contributed by atoms with van der Waals surface area (Å²) in [5.74, 6) is 0.494. The van der Waals surface area contributed by atoms with Gasteiger partial charge in [-0.2, -0.15) is 13.2 Å². The molecule has 1 saturated heterocycles. The van der Waals surface area contributed by atoms with Gasteiger partial charge < -0.3 is 9.72 Å². The van der Waals surface area contributed by atoms with Gasteiger partial charge in [0.2, 0.25) is 0 Å². The summed E-state index contributed by atoms with van der Waals surface area (Å²) in [5, 5.41) is 0. The summed E-state index contributed by atoms with van der Waals surface area (Å²) in [4.78, 5) is 21.9. The standard InChI is InChI=1S/C21H25BrF3N3O2/c1-20(2,3)30-19(29)28-12-4-5-16(28)18-26-15(10-11-21(23,24)25)17(27-18)13-6-8-14(22)9-7-13/h6-9,16H,4-5,10-12H2,1-3H3,(H,26,27)/t16-/m0/s1. The first kappa shape index (κ1) is 22.7. The predicted octanol–water partition coefficient (Wildman–Crippen LogP) is 6.41. The average molecular weight is 488 g/mol. The first-order valence-electron chi connectivity index (χ1n) is 9.84. The molecule has 1 N–H and O–H groups in total. The maximum absolute atomic E-state index is 12.8. The van der Waals surface area contributed by atoms with Gasteiger partial charge in [0.05, 0.1) is 17.4 Å². The second-order valence-corrected chi connectivity index (χ2v) is 9.31. The number of ether oxygens (including phenoxy) is 1. The summed E-state index contributed by atoms with van der Waals surface area (Å²) in [6.45, 7) is 5.91. The molecule has 164 valence electrons. The number of benzene rings is 1. The number of nitrogens with zero attached hydrogens (tertiary/aromatic N) is 2. The summed E-state index contributed by atoms with van der Waals surface area (Å²) in [6.07, 6.45) is -4.46. The van der Waals surface area contributed by atoms with Gasteiger partial charge in [-0.15, -0.1) is 0 Å². The number of rotatable bonds is 4. The van der Waals surface area contributed by atoms with Crippen LogP contribution in [0.25, 0.3) is 11.3 Å². The van der Waals surface area contributed by atoms with Crippen molar-refractivity contribution in [3.05, 3.63) is 40.3 Å². The number of alkyl halides is 3. The highest BCUT2D eigenvalue weighted by Crippen LogP contribution is 2.35. The number of aromatic nitrogens is 2. The van der Waals surface area contributed by atoms with Crippen molar-refractivity contribution < 1.29 is 22.7 Å². The van der Waals surface area contributed by atoms with Crippen LogP contribution < -0.4 is 0 Å². The molecule has 0 aliphatic carbocycles. The third kappa shape index (κ3) is 5.77. The molecule has 1 atom stereocenters. The average Bonchev–Trinajstić information content (AvgIpc) is 3.25. The predicted molar refractivity (Wildman–Crippen MR) is 111 cm³/mol. The van der Waals surface area contributed by atoms with Gasteiger partial charge in [0, 0.05) is 23.9 Å². The number of likely N-dealkylation sites (tertiary alicyclic amines) is 1. The molecule has 1 aromatic carbocycles. The van der Waals surface area contributed by atoms with Crippen molar-refractivity contribution in [3.63, 3.8) is 0 Å². The number of H-pyrrole nitrogens is 1. The van der Waals surface area contributed by atoms with Crippen LogP contribution in [0, 0.1) is 0 Å². The highest BCUT2D eigenvalue weighted by atomic mass is 79.9. The van der Waals surface area contributed by atoms with Crippen LogP contribution in [0.1, 0.15) is 57.6 Å². The Bertz CT molecular complexity index is 888. The van der Waals surface area contributed by atoms with E-state index in [2.05, 4.69) is 25.9 Å². The highest BCUT2D eigenvalue weighted by Gasteiger charge is 2.36. The van der Waals surface area contributed by atoms with Crippen LogP contribution in [0.15, 0.2) is 28.7 Å². The van der Waals surface area contributed by atoms with E-state index in [9.17, 15) is 18.0 Å². The molecule has 5 nitrogen and oxygen atoms in total. The lowest BCUT2D eigenvalue weighted by Crippen LogP contribution is -2.36. The third-order valence-corrected chi connectivity index (χ3v) is 5.30. The Morgan fingerprint density at radius 3 is 2.53 bits per heavy atom. The number of halogens is 4. The van der Waals surface area contributed by atoms with Crippen molar-refractivity contribution in [3.8, 4) is 11.3 Å². The fourth-order valence-corrected chi connectivity index (χ4v) is 3.74. The largest absolute Gasteiger partial charge is 0.444 e. The van der Waals surface area contributed by atoms with Gasteiger partial charge in [0.15, 0.2) is 0 Å². The smallest absolute Gasteiger partial charge is 0.410 e. The van der Waals surface area contributed by atoms with Crippen LogP contribution in [0.4, 0.5) is 18.0 Å². The zero-order valence-corrected chi connectivity index (χ0v) is 18.7. The van der Waals surface area contributed by atoms with Gasteiger partial charge in [-0.1, -0.05) is 28.1 Å². The van der Waals surface area contributed by atoms with Crippen molar-refractivity contribution in [2.45, 2.75) is 64.3 Å². The zero-order chi connectivity index (χ0) is 22.1. The molecule has 0 spiro atoms. The molecule has 30 heavy (non-hydrogen) atoms. The lowest BCUT2D eigenvalue weighted by atomic mass is 10.1. The summed E-state index contributed by atoms with van der Waals surface area (Å²) >= 11 is 3.37. The van der Waals surface area contributed by atoms with Crippen molar-refractivity contribution >= 4 is 22.0 Å². The second-order valence-electron chi connectivity index (χ2n) is 8.40.